The van der Waals surface area contributed by atoms with Gasteiger partial charge in [0.2, 0.25) is 0 Å². The molecule has 1 heterocycles. The molecule has 78 valence electrons. The number of hydrogen-bond acceptors (Lipinski definition) is 1. The second kappa shape index (κ2) is 3.39. The molecule has 0 aliphatic carbocycles. The second-order valence-electron chi connectivity index (χ2n) is 2.41. The molecular formula is C7H4F5NO. The van der Waals surface area contributed by atoms with Crippen molar-refractivity contribution in [2.75, 3.05) is 0 Å². The summed E-state index contributed by atoms with van der Waals surface area (Å²) in [5.41, 5.74) is -3.34. The molecule has 0 saturated carbocycles. The van der Waals surface area contributed by atoms with Crippen LogP contribution in [0.1, 0.15) is 12.1 Å². The maximum Gasteiger partial charge on any atom is 0.421 e. The molecule has 0 bridgehead atoms. The van der Waals surface area contributed by atoms with Gasteiger partial charge in [-0.05, 0) is 12.1 Å². The molecule has 0 atom stereocenters. The first-order valence-electron chi connectivity index (χ1n) is 3.40. The van der Waals surface area contributed by atoms with Crippen LogP contribution in [-0.4, -0.2) is 4.57 Å². The highest BCUT2D eigenvalue weighted by molar-refractivity contribution is 5.13. The van der Waals surface area contributed by atoms with Gasteiger partial charge in [-0.3, -0.25) is 9.36 Å². The lowest BCUT2D eigenvalue weighted by molar-refractivity contribution is -0.139. The topological polar surface area (TPSA) is 22.0 Å². The SMILES string of the molecule is O=c1c(C(F)(F)F)cccn1C(F)F. The van der Waals surface area contributed by atoms with Crippen LogP contribution in [0.4, 0.5) is 22.0 Å². The van der Waals surface area contributed by atoms with E-state index in [-0.39, 0.29) is 4.57 Å². The lowest BCUT2D eigenvalue weighted by Gasteiger charge is -2.08. The summed E-state index contributed by atoms with van der Waals surface area (Å²) >= 11 is 0. The quantitative estimate of drug-likeness (QED) is 0.656. The molecule has 0 radical (unpaired) electrons. The van der Waals surface area contributed by atoms with Crippen molar-refractivity contribution < 1.29 is 22.0 Å². The molecule has 1 aromatic heterocycles. The van der Waals surface area contributed by atoms with Gasteiger partial charge in [0.1, 0.15) is 5.56 Å². The Balaban J connectivity index is 3.36. The van der Waals surface area contributed by atoms with Gasteiger partial charge in [-0.15, -0.1) is 0 Å². The summed E-state index contributed by atoms with van der Waals surface area (Å²) in [6.07, 6.45) is -4.31. The molecule has 1 rings (SSSR count). The number of aromatic nitrogens is 1. The lowest BCUT2D eigenvalue weighted by Crippen LogP contribution is -2.28. The maximum atomic E-state index is 12.0. The zero-order chi connectivity index (χ0) is 10.9. The number of halogens is 5. The van der Waals surface area contributed by atoms with Gasteiger partial charge in [-0.25, -0.2) is 0 Å². The standard InChI is InChI=1S/C7H4F5NO/c8-6(9)13-3-1-2-4(5(13)14)7(10,11)12/h1-3,6H. The summed E-state index contributed by atoms with van der Waals surface area (Å²) in [5, 5.41) is 0. The molecular weight excluding hydrogens is 209 g/mol. The number of nitrogens with zero attached hydrogens (tertiary/aromatic N) is 1. The Bertz CT molecular complexity index is 380. The van der Waals surface area contributed by atoms with Crippen molar-refractivity contribution >= 4 is 0 Å². The predicted molar refractivity (Wildman–Crippen MR) is 37.0 cm³/mol. The van der Waals surface area contributed by atoms with E-state index in [2.05, 4.69) is 0 Å². The molecule has 0 unspecified atom stereocenters. The average molecular weight is 213 g/mol. The van der Waals surface area contributed by atoms with Crippen LogP contribution in [0.5, 0.6) is 0 Å². The molecule has 1 aromatic rings. The zero-order valence-electron chi connectivity index (χ0n) is 6.55. The van der Waals surface area contributed by atoms with E-state index in [4.69, 9.17) is 0 Å². The fourth-order valence-electron chi connectivity index (χ4n) is 0.879. The highest BCUT2D eigenvalue weighted by atomic mass is 19.4. The lowest BCUT2D eigenvalue weighted by atomic mass is 10.3. The summed E-state index contributed by atoms with van der Waals surface area (Å²) < 4.78 is 59.8. The molecule has 0 fully saturated rings. The first-order valence-corrected chi connectivity index (χ1v) is 3.40. The Morgan fingerprint density at radius 3 is 2.29 bits per heavy atom. The van der Waals surface area contributed by atoms with E-state index in [0.29, 0.717) is 12.3 Å². The van der Waals surface area contributed by atoms with Gasteiger partial charge in [-0.2, -0.15) is 22.0 Å². The molecule has 0 aliphatic heterocycles. The summed E-state index contributed by atoms with van der Waals surface area (Å²) in [6, 6.07) is 1.21. The van der Waals surface area contributed by atoms with Gasteiger partial charge in [0.25, 0.3) is 5.56 Å². The van der Waals surface area contributed by atoms with Crippen molar-refractivity contribution in [3.8, 4) is 0 Å². The minimum absolute atomic E-state index is 0.275. The minimum atomic E-state index is -4.91. The van der Waals surface area contributed by atoms with Gasteiger partial charge in [0.15, 0.2) is 0 Å². The predicted octanol–water partition coefficient (Wildman–Crippen LogP) is 2.26. The normalized spacial score (nSPS) is 12.1. The van der Waals surface area contributed by atoms with E-state index in [1.165, 1.54) is 0 Å². The Kier molecular flexibility index (Phi) is 2.59. The van der Waals surface area contributed by atoms with E-state index in [1.807, 2.05) is 0 Å². The third kappa shape index (κ3) is 1.91. The van der Waals surface area contributed by atoms with E-state index >= 15 is 0 Å². The maximum absolute atomic E-state index is 12.0. The molecule has 2 nitrogen and oxygen atoms in total. The monoisotopic (exact) mass is 213 g/mol. The summed E-state index contributed by atoms with van der Waals surface area (Å²) in [5.74, 6) is 0. The van der Waals surface area contributed by atoms with Crippen molar-refractivity contribution in [3.63, 3.8) is 0 Å². The highest BCUT2D eigenvalue weighted by Gasteiger charge is 2.34. The zero-order valence-corrected chi connectivity index (χ0v) is 6.55. The third-order valence-corrected chi connectivity index (χ3v) is 1.49. The van der Waals surface area contributed by atoms with Crippen LogP contribution in [0.3, 0.4) is 0 Å². The smallest absolute Gasteiger partial charge is 0.269 e. The van der Waals surface area contributed by atoms with Crippen LogP contribution >= 0.6 is 0 Å². The average Bonchev–Trinajstić information content (AvgIpc) is 2.01. The molecule has 0 aliphatic rings. The number of hydrogen-bond donors (Lipinski definition) is 0. The second-order valence-corrected chi connectivity index (χ2v) is 2.41. The molecule has 0 amide bonds. The van der Waals surface area contributed by atoms with Crippen molar-refractivity contribution in [1.82, 2.24) is 4.57 Å². The summed E-state index contributed by atoms with van der Waals surface area (Å²) in [7, 11) is 0. The van der Waals surface area contributed by atoms with Crippen LogP contribution in [-0.2, 0) is 6.18 Å². The Hall–Kier alpha value is -1.40. The number of rotatable bonds is 1. The van der Waals surface area contributed by atoms with E-state index in [0.717, 1.165) is 6.07 Å². The molecule has 14 heavy (non-hydrogen) atoms. The van der Waals surface area contributed by atoms with E-state index in [9.17, 15) is 26.7 Å². The van der Waals surface area contributed by atoms with Crippen molar-refractivity contribution in [2.24, 2.45) is 0 Å². The van der Waals surface area contributed by atoms with Gasteiger partial charge < -0.3 is 0 Å². The van der Waals surface area contributed by atoms with Gasteiger partial charge >= 0.3 is 12.7 Å². The Morgan fingerprint density at radius 1 is 1.29 bits per heavy atom. The highest BCUT2D eigenvalue weighted by Crippen LogP contribution is 2.26. The first kappa shape index (κ1) is 10.7. The van der Waals surface area contributed by atoms with Gasteiger partial charge in [-0.1, -0.05) is 0 Å². The van der Waals surface area contributed by atoms with Crippen molar-refractivity contribution in [2.45, 2.75) is 12.7 Å². The van der Waals surface area contributed by atoms with Gasteiger partial charge in [0, 0.05) is 6.20 Å². The molecule has 0 saturated heterocycles. The van der Waals surface area contributed by atoms with Crippen LogP contribution in [0.2, 0.25) is 0 Å². The molecule has 0 spiro atoms. The fourth-order valence-corrected chi connectivity index (χ4v) is 0.879. The minimum Gasteiger partial charge on any atom is -0.269 e. The fraction of sp³-hybridized carbons (Fsp3) is 0.286. The van der Waals surface area contributed by atoms with Crippen LogP contribution in [0.25, 0.3) is 0 Å². The van der Waals surface area contributed by atoms with Crippen LogP contribution < -0.4 is 5.56 Å². The van der Waals surface area contributed by atoms with Gasteiger partial charge in [0.05, 0.1) is 0 Å². The summed E-state index contributed by atoms with van der Waals surface area (Å²) in [4.78, 5) is 10.8. The molecule has 0 aromatic carbocycles. The Labute approximate surface area is 74.6 Å². The van der Waals surface area contributed by atoms with Crippen LogP contribution in [0, 0.1) is 0 Å². The van der Waals surface area contributed by atoms with E-state index in [1.54, 1.807) is 0 Å². The molecule has 7 heteroatoms. The Morgan fingerprint density at radius 2 is 1.86 bits per heavy atom. The third-order valence-electron chi connectivity index (χ3n) is 1.49. The largest absolute Gasteiger partial charge is 0.421 e. The van der Waals surface area contributed by atoms with Crippen LogP contribution in [0.15, 0.2) is 23.1 Å². The number of pyridine rings is 1. The number of alkyl halides is 5. The van der Waals surface area contributed by atoms with E-state index < -0.39 is 23.8 Å². The summed E-state index contributed by atoms with van der Waals surface area (Å²) in [6.45, 7) is -3.27. The van der Waals surface area contributed by atoms with Crippen molar-refractivity contribution in [1.29, 1.82) is 0 Å². The first-order chi connectivity index (χ1) is 6.34. The molecule has 0 N–H and O–H groups in total. The van der Waals surface area contributed by atoms with Crippen molar-refractivity contribution in [3.05, 3.63) is 34.2 Å².